The van der Waals surface area contributed by atoms with Gasteiger partial charge in [0, 0.05) is 18.0 Å². The molecule has 0 saturated carbocycles. The first-order chi connectivity index (χ1) is 7.06. The summed E-state index contributed by atoms with van der Waals surface area (Å²) in [5.74, 6) is -0.0585. The van der Waals surface area contributed by atoms with E-state index in [2.05, 4.69) is 0 Å². The third-order valence-corrected chi connectivity index (χ3v) is 3.04. The zero-order valence-electron chi connectivity index (χ0n) is 8.47. The fourth-order valence-electron chi connectivity index (χ4n) is 1.21. The largest absolute Gasteiger partial charge is 0.327 e. The molecule has 1 aromatic carbocycles. The van der Waals surface area contributed by atoms with Crippen LogP contribution < -0.4 is 5.73 Å². The standard InChI is InChI=1S/C11H13Cl2NO/c1-2-7(14)6-10(15)8-4-3-5-9(12)11(8)13/h3-5,7H,2,6,14H2,1H3. The van der Waals surface area contributed by atoms with E-state index in [-0.39, 0.29) is 11.8 Å². The smallest absolute Gasteiger partial charge is 0.165 e. The van der Waals surface area contributed by atoms with E-state index in [9.17, 15) is 4.79 Å². The van der Waals surface area contributed by atoms with Crippen LogP contribution in [-0.2, 0) is 0 Å². The fourth-order valence-corrected chi connectivity index (χ4v) is 1.62. The number of nitrogens with two attached hydrogens (primary N) is 1. The number of carbonyl (C=O) groups is 1. The van der Waals surface area contributed by atoms with Gasteiger partial charge in [-0.25, -0.2) is 0 Å². The predicted octanol–water partition coefficient (Wildman–Crippen LogP) is 3.30. The highest BCUT2D eigenvalue weighted by Crippen LogP contribution is 2.26. The van der Waals surface area contributed by atoms with Gasteiger partial charge in [0.1, 0.15) is 0 Å². The highest BCUT2D eigenvalue weighted by atomic mass is 35.5. The summed E-state index contributed by atoms with van der Waals surface area (Å²) < 4.78 is 0. The lowest BCUT2D eigenvalue weighted by molar-refractivity contribution is 0.0974. The van der Waals surface area contributed by atoms with Crippen LogP contribution in [0.5, 0.6) is 0 Å². The van der Waals surface area contributed by atoms with E-state index in [0.29, 0.717) is 22.0 Å². The van der Waals surface area contributed by atoms with E-state index in [4.69, 9.17) is 28.9 Å². The van der Waals surface area contributed by atoms with Gasteiger partial charge in [0.05, 0.1) is 10.0 Å². The van der Waals surface area contributed by atoms with E-state index in [0.717, 1.165) is 6.42 Å². The highest BCUT2D eigenvalue weighted by Gasteiger charge is 2.14. The third-order valence-electron chi connectivity index (χ3n) is 2.22. The molecule has 0 bridgehead atoms. The fraction of sp³-hybridized carbons (Fsp3) is 0.364. The van der Waals surface area contributed by atoms with Crippen molar-refractivity contribution in [2.24, 2.45) is 5.73 Å². The van der Waals surface area contributed by atoms with Crippen molar-refractivity contribution in [3.8, 4) is 0 Å². The summed E-state index contributed by atoms with van der Waals surface area (Å²) in [6.45, 7) is 1.94. The molecule has 2 nitrogen and oxygen atoms in total. The summed E-state index contributed by atoms with van der Waals surface area (Å²) in [4.78, 5) is 11.8. The second kappa shape index (κ2) is 5.50. The van der Waals surface area contributed by atoms with E-state index in [1.165, 1.54) is 0 Å². The number of hydrogen-bond acceptors (Lipinski definition) is 2. The minimum absolute atomic E-state index is 0.0585. The molecule has 2 N–H and O–H groups in total. The van der Waals surface area contributed by atoms with Gasteiger partial charge in [-0.1, -0.05) is 36.2 Å². The predicted molar refractivity (Wildman–Crippen MR) is 63.7 cm³/mol. The molecule has 4 heteroatoms. The van der Waals surface area contributed by atoms with Crippen LogP contribution in [0.3, 0.4) is 0 Å². The van der Waals surface area contributed by atoms with Crippen molar-refractivity contribution in [2.75, 3.05) is 0 Å². The minimum atomic E-state index is -0.118. The Morgan fingerprint density at radius 3 is 2.73 bits per heavy atom. The van der Waals surface area contributed by atoms with Gasteiger partial charge in [-0.15, -0.1) is 0 Å². The average molecular weight is 246 g/mol. The molecule has 0 aliphatic rings. The lowest BCUT2D eigenvalue weighted by Gasteiger charge is -2.09. The Kier molecular flexibility index (Phi) is 4.58. The van der Waals surface area contributed by atoms with Crippen LogP contribution in [0, 0.1) is 0 Å². The van der Waals surface area contributed by atoms with E-state index in [1.807, 2.05) is 6.92 Å². The number of halogens is 2. The molecule has 0 aliphatic heterocycles. The zero-order chi connectivity index (χ0) is 11.4. The first kappa shape index (κ1) is 12.5. The Hall–Kier alpha value is -0.570. The molecule has 15 heavy (non-hydrogen) atoms. The Morgan fingerprint density at radius 2 is 2.13 bits per heavy atom. The molecule has 0 aliphatic carbocycles. The summed E-state index contributed by atoms with van der Waals surface area (Å²) in [7, 11) is 0. The monoisotopic (exact) mass is 245 g/mol. The number of Topliss-reactive ketones (excluding diaryl/α,β-unsaturated/α-hetero) is 1. The van der Waals surface area contributed by atoms with Crippen molar-refractivity contribution in [1.82, 2.24) is 0 Å². The lowest BCUT2D eigenvalue weighted by Crippen LogP contribution is -2.22. The van der Waals surface area contributed by atoms with Crippen molar-refractivity contribution in [2.45, 2.75) is 25.8 Å². The van der Waals surface area contributed by atoms with Gasteiger partial charge in [0.25, 0.3) is 0 Å². The molecule has 0 heterocycles. The van der Waals surface area contributed by atoms with Gasteiger partial charge in [-0.3, -0.25) is 4.79 Å². The van der Waals surface area contributed by atoms with Gasteiger partial charge in [-0.05, 0) is 18.6 Å². The zero-order valence-corrected chi connectivity index (χ0v) is 9.98. The second-order valence-electron chi connectivity index (χ2n) is 3.40. The summed E-state index contributed by atoms with van der Waals surface area (Å²) in [6, 6.07) is 4.91. The normalized spacial score (nSPS) is 12.5. The number of ketones is 1. The highest BCUT2D eigenvalue weighted by molar-refractivity contribution is 6.43. The van der Waals surface area contributed by atoms with E-state index < -0.39 is 0 Å². The van der Waals surface area contributed by atoms with Crippen LogP contribution in [0.25, 0.3) is 0 Å². The molecule has 0 amide bonds. The van der Waals surface area contributed by atoms with Gasteiger partial charge in [-0.2, -0.15) is 0 Å². The molecule has 0 aromatic heterocycles. The molecule has 0 fully saturated rings. The first-order valence-corrected chi connectivity index (χ1v) is 5.54. The SMILES string of the molecule is CCC(N)CC(=O)c1cccc(Cl)c1Cl. The van der Waals surface area contributed by atoms with Crippen molar-refractivity contribution >= 4 is 29.0 Å². The summed E-state index contributed by atoms with van der Waals surface area (Å²) in [5.41, 5.74) is 6.15. The molecule has 1 aromatic rings. The maximum Gasteiger partial charge on any atom is 0.165 e. The minimum Gasteiger partial charge on any atom is -0.327 e. The van der Waals surface area contributed by atoms with Gasteiger partial charge >= 0.3 is 0 Å². The molecule has 1 rings (SSSR count). The van der Waals surface area contributed by atoms with Gasteiger partial charge in [0.2, 0.25) is 0 Å². The Balaban J connectivity index is 2.87. The van der Waals surface area contributed by atoms with Gasteiger partial charge < -0.3 is 5.73 Å². The van der Waals surface area contributed by atoms with Crippen LogP contribution in [0.2, 0.25) is 10.0 Å². The molecule has 82 valence electrons. The van der Waals surface area contributed by atoms with Crippen LogP contribution in [0.15, 0.2) is 18.2 Å². The average Bonchev–Trinajstić information content (AvgIpc) is 2.21. The van der Waals surface area contributed by atoms with Crippen LogP contribution in [-0.4, -0.2) is 11.8 Å². The topological polar surface area (TPSA) is 43.1 Å². The van der Waals surface area contributed by atoms with E-state index in [1.54, 1.807) is 18.2 Å². The number of carbonyl (C=O) groups excluding carboxylic acids is 1. The van der Waals surface area contributed by atoms with Crippen molar-refractivity contribution in [1.29, 1.82) is 0 Å². The molecule has 1 atom stereocenters. The van der Waals surface area contributed by atoms with Crippen LogP contribution >= 0.6 is 23.2 Å². The Bertz CT molecular complexity index is 366. The Labute approximate surface area is 99.4 Å². The van der Waals surface area contributed by atoms with Crippen LogP contribution in [0.1, 0.15) is 30.1 Å². The summed E-state index contributed by atoms with van der Waals surface area (Å²) in [6.07, 6.45) is 1.07. The summed E-state index contributed by atoms with van der Waals surface area (Å²) >= 11 is 11.7. The maximum absolute atomic E-state index is 11.8. The Morgan fingerprint density at radius 1 is 1.47 bits per heavy atom. The number of hydrogen-bond donors (Lipinski definition) is 1. The lowest BCUT2D eigenvalue weighted by atomic mass is 10.0. The molecule has 1 unspecified atom stereocenters. The quantitative estimate of drug-likeness (QED) is 0.828. The molecule has 0 saturated heterocycles. The molecule has 0 spiro atoms. The third kappa shape index (κ3) is 3.20. The van der Waals surface area contributed by atoms with Crippen molar-refractivity contribution < 1.29 is 4.79 Å². The molecular weight excluding hydrogens is 233 g/mol. The number of rotatable bonds is 4. The van der Waals surface area contributed by atoms with Crippen molar-refractivity contribution in [3.05, 3.63) is 33.8 Å². The summed E-state index contributed by atoms with van der Waals surface area (Å²) in [5, 5.41) is 0.708. The second-order valence-corrected chi connectivity index (χ2v) is 4.18. The van der Waals surface area contributed by atoms with Crippen molar-refractivity contribution in [3.63, 3.8) is 0 Å². The number of benzene rings is 1. The van der Waals surface area contributed by atoms with E-state index >= 15 is 0 Å². The maximum atomic E-state index is 11.8. The van der Waals surface area contributed by atoms with Gasteiger partial charge in [0.15, 0.2) is 5.78 Å². The first-order valence-electron chi connectivity index (χ1n) is 4.79. The molecule has 0 radical (unpaired) electrons. The molecular formula is C11H13Cl2NO. The van der Waals surface area contributed by atoms with Crippen LogP contribution in [0.4, 0.5) is 0 Å².